The molecule has 144 valence electrons. The van der Waals surface area contributed by atoms with Gasteiger partial charge < -0.3 is 19.9 Å². The van der Waals surface area contributed by atoms with Gasteiger partial charge in [0.15, 0.2) is 0 Å². The zero-order valence-corrected chi connectivity index (χ0v) is 15.7. The van der Waals surface area contributed by atoms with Crippen molar-refractivity contribution in [3.63, 3.8) is 0 Å². The van der Waals surface area contributed by atoms with Crippen molar-refractivity contribution in [2.45, 2.75) is 13.3 Å². The number of piperazine rings is 1. The quantitative estimate of drug-likeness (QED) is 0.781. The first-order chi connectivity index (χ1) is 13.2. The van der Waals surface area contributed by atoms with Crippen LogP contribution in [0.5, 0.6) is 5.75 Å². The summed E-state index contributed by atoms with van der Waals surface area (Å²) in [5, 5.41) is 2.93. The minimum Gasteiger partial charge on any atom is -0.494 e. The van der Waals surface area contributed by atoms with Crippen molar-refractivity contribution in [3.05, 3.63) is 54.3 Å². The van der Waals surface area contributed by atoms with Crippen LogP contribution in [0.3, 0.4) is 0 Å². The van der Waals surface area contributed by atoms with Crippen LogP contribution in [-0.2, 0) is 4.79 Å². The van der Waals surface area contributed by atoms with Gasteiger partial charge in [-0.3, -0.25) is 4.79 Å². The smallest absolute Gasteiger partial charge is 0.230 e. The summed E-state index contributed by atoms with van der Waals surface area (Å²) in [6.07, 6.45) is 0.474. The van der Waals surface area contributed by atoms with E-state index in [0.717, 1.165) is 44.2 Å². The number of carbonyl (C=O) groups is 1. The number of quaternary nitrogens is 1. The fourth-order valence-corrected chi connectivity index (χ4v) is 3.34. The molecule has 2 aromatic carbocycles. The van der Waals surface area contributed by atoms with E-state index in [9.17, 15) is 9.18 Å². The van der Waals surface area contributed by atoms with Gasteiger partial charge in [-0.2, -0.15) is 0 Å². The van der Waals surface area contributed by atoms with Crippen LogP contribution < -0.4 is 19.9 Å². The third-order valence-corrected chi connectivity index (χ3v) is 4.82. The Hall–Kier alpha value is -2.60. The van der Waals surface area contributed by atoms with Crippen LogP contribution in [0.4, 0.5) is 15.8 Å². The molecule has 6 heteroatoms. The van der Waals surface area contributed by atoms with Crippen LogP contribution in [0.2, 0.25) is 0 Å². The highest BCUT2D eigenvalue weighted by molar-refractivity contribution is 5.90. The van der Waals surface area contributed by atoms with Crippen LogP contribution in [0.15, 0.2) is 48.5 Å². The van der Waals surface area contributed by atoms with Gasteiger partial charge in [-0.1, -0.05) is 12.1 Å². The third-order valence-electron chi connectivity index (χ3n) is 4.82. The Morgan fingerprint density at radius 2 is 1.85 bits per heavy atom. The SMILES string of the molecule is CCOc1ccc(NC(=O)CC[NH+]2CCN(c3ccccc3F)CC2)cc1. The highest BCUT2D eigenvalue weighted by atomic mass is 19.1. The Morgan fingerprint density at radius 1 is 1.15 bits per heavy atom. The van der Waals surface area contributed by atoms with Gasteiger partial charge in [0, 0.05) is 5.69 Å². The topological polar surface area (TPSA) is 46.0 Å². The van der Waals surface area contributed by atoms with Crippen molar-refractivity contribution < 1.29 is 18.8 Å². The van der Waals surface area contributed by atoms with Gasteiger partial charge in [0.05, 0.1) is 51.4 Å². The van der Waals surface area contributed by atoms with Crippen LogP contribution >= 0.6 is 0 Å². The van der Waals surface area contributed by atoms with E-state index in [4.69, 9.17) is 4.74 Å². The molecule has 1 aliphatic heterocycles. The van der Waals surface area contributed by atoms with E-state index in [-0.39, 0.29) is 11.7 Å². The molecular formula is C21H27FN3O2+. The summed E-state index contributed by atoms with van der Waals surface area (Å²) in [5.74, 6) is 0.645. The summed E-state index contributed by atoms with van der Waals surface area (Å²) in [6, 6.07) is 14.3. The zero-order chi connectivity index (χ0) is 19.1. The largest absolute Gasteiger partial charge is 0.494 e. The fourth-order valence-electron chi connectivity index (χ4n) is 3.34. The number of anilines is 2. The number of nitrogens with one attached hydrogen (secondary N) is 2. The highest BCUT2D eigenvalue weighted by Gasteiger charge is 2.22. The maximum absolute atomic E-state index is 13.9. The number of hydrogen-bond acceptors (Lipinski definition) is 3. The van der Waals surface area contributed by atoms with E-state index in [1.807, 2.05) is 43.3 Å². The monoisotopic (exact) mass is 372 g/mol. The Labute approximate surface area is 159 Å². The zero-order valence-electron chi connectivity index (χ0n) is 15.7. The number of hydrogen-bond donors (Lipinski definition) is 2. The summed E-state index contributed by atoms with van der Waals surface area (Å²) in [5.41, 5.74) is 1.45. The lowest BCUT2D eigenvalue weighted by atomic mass is 10.2. The summed E-state index contributed by atoms with van der Waals surface area (Å²) in [4.78, 5) is 15.6. The molecule has 0 bridgehead atoms. The van der Waals surface area contributed by atoms with Crippen molar-refractivity contribution in [2.75, 3.05) is 49.5 Å². The number of ether oxygens (including phenoxy) is 1. The van der Waals surface area contributed by atoms with Crippen LogP contribution in [0, 0.1) is 5.82 Å². The molecule has 0 atom stereocenters. The van der Waals surface area contributed by atoms with Gasteiger partial charge in [0.2, 0.25) is 5.91 Å². The molecule has 1 heterocycles. The molecular weight excluding hydrogens is 345 g/mol. The predicted octanol–water partition coefficient (Wildman–Crippen LogP) is 1.96. The van der Waals surface area contributed by atoms with Crippen molar-refractivity contribution in [2.24, 2.45) is 0 Å². The number of benzene rings is 2. The number of amides is 1. The lowest BCUT2D eigenvalue weighted by Gasteiger charge is -2.33. The molecule has 0 unspecified atom stereocenters. The van der Waals surface area contributed by atoms with E-state index in [1.54, 1.807) is 6.07 Å². The van der Waals surface area contributed by atoms with Gasteiger partial charge in [-0.25, -0.2) is 4.39 Å². The minimum atomic E-state index is -0.171. The summed E-state index contributed by atoms with van der Waals surface area (Å²) < 4.78 is 19.3. The summed E-state index contributed by atoms with van der Waals surface area (Å²) in [6.45, 7) is 6.77. The van der Waals surface area contributed by atoms with Crippen LogP contribution in [-0.4, -0.2) is 45.2 Å². The maximum atomic E-state index is 13.9. The second-order valence-corrected chi connectivity index (χ2v) is 6.69. The molecule has 27 heavy (non-hydrogen) atoms. The molecule has 2 N–H and O–H groups in total. The average molecular weight is 372 g/mol. The Bertz CT molecular complexity index is 743. The molecule has 1 saturated heterocycles. The number of para-hydroxylation sites is 1. The molecule has 2 aromatic rings. The van der Waals surface area contributed by atoms with Crippen molar-refractivity contribution >= 4 is 17.3 Å². The molecule has 0 saturated carbocycles. The van der Waals surface area contributed by atoms with Gasteiger partial charge >= 0.3 is 0 Å². The number of carbonyl (C=O) groups excluding carboxylic acids is 1. The molecule has 0 aliphatic carbocycles. The molecule has 3 rings (SSSR count). The molecule has 1 aliphatic rings. The Balaban J connectivity index is 1.40. The van der Waals surface area contributed by atoms with E-state index >= 15 is 0 Å². The Morgan fingerprint density at radius 3 is 2.52 bits per heavy atom. The van der Waals surface area contributed by atoms with E-state index < -0.39 is 0 Å². The fraction of sp³-hybridized carbons (Fsp3) is 0.381. The standard InChI is InChI=1S/C21H26FN3O2/c1-2-27-18-9-7-17(8-10-18)23-21(26)11-12-24-13-15-25(16-14-24)20-6-4-3-5-19(20)22/h3-10H,2,11-16H2,1H3,(H,23,26)/p+1. The molecule has 0 radical (unpaired) electrons. The lowest BCUT2D eigenvalue weighted by Crippen LogP contribution is -3.15. The first-order valence-electron chi connectivity index (χ1n) is 9.51. The lowest BCUT2D eigenvalue weighted by molar-refractivity contribution is -0.900. The van der Waals surface area contributed by atoms with E-state index in [2.05, 4.69) is 10.2 Å². The third kappa shape index (κ3) is 5.44. The van der Waals surface area contributed by atoms with Crippen molar-refractivity contribution in [1.82, 2.24) is 0 Å². The number of halogens is 1. The first-order valence-corrected chi connectivity index (χ1v) is 9.51. The Kier molecular flexibility index (Phi) is 6.65. The maximum Gasteiger partial charge on any atom is 0.230 e. The second-order valence-electron chi connectivity index (χ2n) is 6.69. The van der Waals surface area contributed by atoms with Gasteiger partial charge in [0.25, 0.3) is 0 Å². The average Bonchev–Trinajstić information content (AvgIpc) is 2.69. The van der Waals surface area contributed by atoms with Gasteiger partial charge in [0.1, 0.15) is 11.6 Å². The first kappa shape index (κ1) is 19.2. The van der Waals surface area contributed by atoms with E-state index in [0.29, 0.717) is 18.7 Å². The number of nitrogens with zero attached hydrogens (tertiary/aromatic N) is 1. The number of rotatable bonds is 7. The minimum absolute atomic E-state index is 0.0168. The van der Waals surface area contributed by atoms with Crippen LogP contribution in [0.25, 0.3) is 0 Å². The normalized spacial score (nSPS) is 14.8. The van der Waals surface area contributed by atoms with Gasteiger partial charge in [-0.15, -0.1) is 0 Å². The molecule has 1 amide bonds. The molecule has 5 nitrogen and oxygen atoms in total. The van der Waals surface area contributed by atoms with Gasteiger partial charge in [-0.05, 0) is 43.3 Å². The van der Waals surface area contributed by atoms with Crippen molar-refractivity contribution in [3.8, 4) is 5.75 Å². The van der Waals surface area contributed by atoms with Crippen molar-refractivity contribution in [1.29, 1.82) is 0 Å². The summed E-state index contributed by atoms with van der Waals surface area (Å²) >= 11 is 0. The molecule has 0 aromatic heterocycles. The highest BCUT2D eigenvalue weighted by Crippen LogP contribution is 2.18. The van der Waals surface area contributed by atoms with E-state index in [1.165, 1.54) is 11.0 Å². The summed E-state index contributed by atoms with van der Waals surface area (Å²) in [7, 11) is 0. The second kappa shape index (κ2) is 9.37. The molecule has 0 spiro atoms. The van der Waals surface area contributed by atoms with Crippen LogP contribution in [0.1, 0.15) is 13.3 Å². The predicted molar refractivity (Wildman–Crippen MR) is 105 cm³/mol. The molecule has 1 fully saturated rings.